The van der Waals surface area contributed by atoms with Crippen molar-refractivity contribution in [1.82, 2.24) is 30.5 Å². The Morgan fingerprint density at radius 3 is 2.02 bits per heavy atom. The second-order valence-corrected chi connectivity index (χ2v) is 13.5. The minimum atomic E-state index is -4.63. The standard InChI is InChI=1S/C29H29ClF3N7O7.C8H19N/c1-3-46-24(44)22(42)34-14-20(23(43)45-2)36-21(41)16-4-10-19(11-5-16)35-25-37-26(39-27(38-25)47-15-29(31,32)33)40-28(12-13-28)17-6-8-18(30)9-7-17;1-6-9(7(2)3)8(4)5/h4-11,20H,3,12-15H2,1-2H3,(H,34,42)(H,36,41)(H2,35,37,38,39,40);7-8H,6H2,1-5H3/t20-;/m0./s1. The zero-order chi connectivity index (χ0) is 41.6. The normalized spacial score (nSPS) is 13.5. The Morgan fingerprint density at radius 1 is 0.911 bits per heavy atom. The molecule has 0 unspecified atom stereocenters. The first kappa shape index (κ1) is 45.2. The number of alkyl halides is 3. The first-order valence-electron chi connectivity index (χ1n) is 17.9. The van der Waals surface area contributed by atoms with Crippen LogP contribution in [-0.2, 0) is 29.4 Å². The van der Waals surface area contributed by atoms with Crippen LogP contribution >= 0.6 is 11.6 Å². The third kappa shape index (κ3) is 14.1. The van der Waals surface area contributed by atoms with E-state index >= 15 is 0 Å². The van der Waals surface area contributed by atoms with Gasteiger partial charge in [0.2, 0.25) is 11.9 Å². The van der Waals surface area contributed by atoms with Gasteiger partial charge >= 0.3 is 30.0 Å². The van der Waals surface area contributed by atoms with Crippen molar-refractivity contribution >= 4 is 52.9 Å². The second kappa shape index (κ2) is 20.6. The molecule has 4 N–H and O–H groups in total. The van der Waals surface area contributed by atoms with Gasteiger partial charge in [-0.25, -0.2) is 9.59 Å². The molecule has 0 radical (unpaired) electrons. The molecule has 0 aliphatic heterocycles. The lowest BCUT2D eigenvalue weighted by molar-refractivity contribution is -0.154. The molecule has 4 rings (SSSR count). The summed E-state index contributed by atoms with van der Waals surface area (Å²) < 4.78 is 52.7. The van der Waals surface area contributed by atoms with Crippen molar-refractivity contribution in [2.75, 3.05) is 44.0 Å². The van der Waals surface area contributed by atoms with Gasteiger partial charge in [-0.15, -0.1) is 0 Å². The average Bonchev–Trinajstić information content (AvgIpc) is 3.92. The van der Waals surface area contributed by atoms with Crippen LogP contribution in [0, 0.1) is 0 Å². The Morgan fingerprint density at radius 2 is 1.52 bits per heavy atom. The number of amides is 2. The van der Waals surface area contributed by atoms with Gasteiger partial charge in [0.25, 0.3) is 5.91 Å². The summed E-state index contributed by atoms with van der Waals surface area (Å²) in [6, 6.07) is 12.2. The molecule has 15 nitrogen and oxygen atoms in total. The molecule has 2 aromatic carbocycles. The third-order valence-corrected chi connectivity index (χ3v) is 8.54. The van der Waals surface area contributed by atoms with E-state index in [9.17, 15) is 32.3 Å². The smallest absolute Gasteiger partial charge is 0.422 e. The lowest BCUT2D eigenvalue weighted by atomic mass is 10.1. The number of nitrogens with zero attached hydrogens (tertiary/aromatic N) is 4. The molecule has 56 heavy (non-hydrogen) atoms. The van der Waals surface area contributed by atoms with Crippen molar-refractivity contribution in [2.24, 2.45) is 0 Å². The van der Waals surface area contributed by atoms with Crippen molar-refractivity contribution in [3.63, 3.8) is 0 Å². The maximum absolute atomic E-state index is 12.9. The van der Waals surface area contributed by atoms with Crippen LogP contribution in [0.5, 0.6) is 6.01 Å². The molecule has 1 atom stereocenters. The van der Waals surface area contributed by atoms with E-state index in [-0.39, 0.29) is 24.1 Å². The summed E-state index contributed by atoms with van der Waals surface area (Å²) in [4.78, 5) is 63.1. The van der Waals surface area contributed by atoms with Gasteiger partial charge in [-0.1, -0.05) is 30.7 Å². The number of carbonyl (C=O) groups is 4. The summed E-state index contributed by atoms with van der Waals surface area (Å²) >= 11 is 6.00. The highest BCUT2D eigenvalue weighted by Crippen LogP contribution is 2.48. The molecular formula is C37H48ClF3N8O7. The summed E-state index contributed by atoms with van der Waals surface area (Å²) in [6.07, 6.45) is -3.22. The predicted molar refractivity (Wildman–Crippen MR) is 203 cm³/mol. The molecule has 19 heteroatoms. The molecule has 0 saturated heterocycles. The molecule has 1 aromatic heterocycles. The number of anilines is 3. The van der Waals surface area contributed by atoms with Crippen LogP contribution in [0.25, 0.3) is 0 Å². The van der Waals surface area contributed by atoms with Gasteiger partial charge in [0.1, 0.15) is 6.04 Å². The van der Waals surface area contributed by atoms with Crippen LogP contribution in [0.15, 0.2) is 48.5 Å². The Kier molecular flexibility index (Phi) is 16.6. The summed E-state index contributed by atoms with van der Waals surface area (Å²) in [5.74, 6) is -4.04. The molecule has 1 aliphatic carbocycles. The first-order chi connectivity index (χ1) is 26.4. The maximum atomic E-state index is 12.9. The molecule has 2 amide bonds. The lowest BCUT2D eigenvalue weighted by Gasteiger charge is -2.28. The average molecular weight is 809 g/mol. The van der Waals surface area contributed by atoms with E-state index in [1.54, 1.807) is 12.1 Å². The predicted octanol–water partition coefficient (Wildman–Crippen LogP) is 5.39. The van der Waals surface area contributed by atoms with E-state index in [4.69, 9.17) is 16.3 Å². The Hall–Kier alpha value is -5.23. The number of ether oxygens (including phenoxy) is 3. The van der Waals surface area contributed by atoms with E-state index in [1.807, 2.05) is 12.1 Å². The molecule has 1 heterocycles. The largest absolute Gasteiger partial charge is 0.467 e. The van der Waals surface area contributed by atoms with Crippen LogP contribution in [0.1, 0.15) is 70.3 Å². The van der Waals surface area contributed by atoms with E-state index < -0.39 is 60.7 Å². The second-order valence-electron chi connectivity index (χ2n) is 13.1. The number of aromatic nitrogens is 3. The van der Waals surface area contributed by atoms with E-state index in [0.717, 1.165) is 19.2 Å². The fourth-order valence-corrected chi connectivity index (χ4v) is 5.60. The fourth-order valence-electron chi connectivity index (χ4n) is 5.47. The molecule has 0 spiro atoms. The number of esters is 2. The Labute approximate surface area is 328 Å². The van der Waals surface area contributed by atoms with Crippen molar-refractivity contribution < 1.29 is 46.6 Å². The van der Waals surface area contributed by atoms with Crippen molar-refractivity contribution in [3.05, 3.63) is 64.7 Å². The monoisotopic (exact) mass is 808 g/mol. The van der Waals surface area contributed by atoms with Crippen molar-refractivity contribution in [2.45, 2.75) is 84.2 Å². The van der Waals surface area contributed by atoms with E-state index in [0.29, 0.717) is 35.6 Å². The summed E-state index contributed by atoms with van der Waals surface area (Å²) in [5, 5.41) is 11.2. The molecular weight excluding hydrogens is 761 g/mol. The summed E-state index contributed by atoms with van der Waals surface area (Å²) in [7, 11) is 1.08. The van der Waals surface area contributed by atoms with Crippen LogP contribution < -0.4 is 26.0 Å². The minimum Gasteiger partial charge on any atom is -0.467 e. The van der Waals surface area contributed by atoms with Crippen molar-refractivity contribution in [3.8, 4) is 6.01 Å². The van der Waals surface area contributed by atoms with Gasteiger partial charge in [-0.2, -0.15) is 28.1 Å². The van der Waals surface area contributed by atoms with Crippen LogP contribution in [0.2, 0.25) is 5.02 Å². The number of hydrogen-bond donors (Lipinski definition) is 4. The first-order valence-corrected chi connectivity index (χ1v) is 18.2. The topological polar surface area (TPSA) is 186 Å². The van der Waals surface area contributed by atoms with Gasteiger partial charge in [0.05, 0.1) is 19.3 Å². The number of nitrogens with one attached hydrogen (secondary N) is 4. The molecule has 1 saturated carbocycles. The lowest BCUT2D eigenvalue weighted by Crippen LogP contribution is -2.50. The maximum Gasteiger partial charge on any atom is 0.422 e. The number of hydrogen-bond acceptors (Lipinski definition) is 13. The van der Waals surface area contributed by atoms with Gasteiger partial charge in [0, 0.05) is 34.9 Å². The number of rotatable bonds is 16. The Balaban J connectivity index is 0.000000830. The SMILES string of the molecule is CCN(C(C)C)C(C)C.CCOC(=O)C(=O)NC[C@H](NC(=O)c1ccc(Nc2nc(NC3(c4ccc(Cl)cc4)CC3)nc(OCC(F)(F)F)n2)cc1)C(=O)OC. The number of carbonyl (C=O) groups excluding carboxylic acids is 4. The zero-order valence-corrected chi connectivity index (χ0v) is 33.0. The number of benzene rings is 2. The minimum absolute atomic E-state index is 0.0301. The van der Waals surface area contributed by atoms with Crippen molar-refractivity contribution in [1.29, 1.82) is 0 Å². The van der Waals surface area contributed by atoms with Gasteiger partial charge < -0.3 is 35.5 Å². The van der Waals surface area contributed by atoms with Gasteiger partial charge in [-0.3, -0.25) is 14.5 Å². The third-order valence-electron chi connectivity index (χ3n) is 8.29. The van der Waals surface area contributed by atoms with Crippen LogP contribution in [-0.4, -0.2) is 101 Å². The highest BCUT2D eigenvalue weighted by atomic mass is 35.5. The fraction of sp³-hybridized carbons (Fsp3) is 0.486. The number of halogens is 4. The van der Waals surface area contributed by atoms with E-state index in [1.165, 1.54) is 31.2 Å². The van der Waals surface area contributed by atoms with Crippen LogP contribution in [0.4, 0.5) is 30.8 Å². The molecule has 1 fully saturated rings. The molecule has 0 bridgehead atoms. The van der Waals surface area contributed by atoms with Gasteiger partial charge in [0.15, 0.2) is 6.61 Å². The quantitative estimate of drug-likeness (QED) is 0.107. The number of methoxy groups -OCH3 is 1. The highest BCUT2D eigenvalue weighted by molar-refractivity contribution is 6.32. The van der Waals surface area contributed by atoms with Gasteiger partial charge in [-0.05, 0) is 96.0 Å². The Bertz CT molecular complexity index is 1770. The van der Waals surface area contributed by atoms with E-state index in [2.05, 4.69) is 85.2 Å². The highest BCUT2D eigenvalue weighted by Gasteiger charge is 2.45. The molecule has 306 valence electrons. The molecule has 1 aliphatic rings. The summed E-state index contributed by atoms with van der Waals surface area (Å²) in [6.45, 7) is 11.7. The van der Waals surface area contributed by atoms with Crippen LogP contribution in [0.3, 0.4) is 0 Å². The molecule has 3 aromatic rings. The zero-order valence-electron chi connectivity index (χ0n) is 32.3. The summed E-state index contributed by atoms with van der Waals surface area (Å²) in [5.41, 5.74) is 0.764.